The zero-order valence-corrected chi connectivity index (χ0v) is 17.6. The fraction of sp³-hybridized carbons (Fsp3) is 0.450. The van der Waals surface area contributed by atoms with Gasteiger partial charge in [-0.05, 0) is 51.2 Å². The zero-order valence-electron chi connectivity index (χ0n) is 17.6. The van der Waals surface area contributed by atoms with Gasteiger partial charge in [-0.2, -0.15) is 10.5 Å². The number of hydrogen-bond acceptors (Lipinski definition) is 9. The summed E-state index contributed by atoms with van der Waals surface area (Å²) in [5.41, 5.74) is 1.47. The van der Waals surface area contributed by atoms with Gasteiger partial charge in [-0.3, -0.25) is 0 Å². The lowest BCUT2D eigenvalue weighted by molar-refractivity contribution is 0.00707. The molecule has 3 rings (SSSR count). The van der Waals surface area contributed by atoms with Crippen LogP contribution in [-0.4, -0.2) is 70.3 Å². The van der Waals surface area contributed by atoms with E-state index in [2.05, 4.69) is 42.8 Å². The standard InChI is InChI=1S/C20H26N8O2/c1-20(2,3)30-19(29)16-6-5-15(28-9-7-27(4)8-10-28)11-17(16)22-13-14(12-21)18-23-25-26-24-18/h5-6,11,13,22H,7-10H2,1-4H3,(H,23,24,25,26). The number of nitrogens with zero attached hydrogens (tertiary/aromatic N) is 6. The van der Waals surface area contributed by atoms with E-state index in [1.807, 2.05) is 39.0 Å². The molecule has 0 unspecified atom stereocenters. The maximum atomic E-state index is 12.7. The smallest absolute Gasteiger partial charge is 0.340 e. The van der Waals surface area contributed by atoms with Crippen LogP contribution in [0.2, 0.25) is 0 Å². The normalized spacial score (nSPS) is 15.6. The van der Waals surface area contributed by atoms with Crippen LogP contribution in [0, 0.1) is 11.3 Å². The number of H-pyrrole nitrogens is 1. The molecule has 1 aliphatic rings. The van der Waals surface area contributed by atoms with Crippen LogP contribution < -0.4 is 10.2 Å². The lowest BCUT2D eigenvalue weighted by Crippen LogP contribution is -2.44. The molecule has 30 heavy (non-hydrogen) atoms. The van der Waals surface area contributed by atoms with Gasteiger partial charge < -0.3 is 19.9 Å². The molecular weight excluding hydrogens is 384 g/mol. The van der Waals surface area contributed by atoms with Crippen molar-refractivity contribution in [3.63, 3.8) is 0 Å². The van der Waals surface area contributed by atoms with Crippen molar-refractivity contribution >= 4 is 22.9 Å². The van der Waals surface area contributed by atoms with E-state index in [-0.39, 0.29) is 11.4 Å². The molecule has 1 fully saturated rings. The summed E-state index contributed by atoms with van der Waals surface area (Å²) in [6.07, 6.45) is 1.46. The van der Waals surface area contributed by atoms with Crippen LogP contribution in [0.25, 0.3) is 5.57 Å². The van der Waals surface area contributed by atoms with Crippen molar-refractivity contribution in [2.45, 2.75) is 26.4 Å². The van der Waals surface area contributed by atoms with Crippen molar-refractivity contribution in [3.8, 4) is 6.07 Å². The third-order valence-electron chi connectivity index (χ3n) is 4.57. The number of nitrogens with one attached hydrogen (secondary N) is 2. The number of ether oxygens (including phenoxy) is 1. The predicted molar refractivity (Wildman–Crippen MR) is 113 cm³/mol. The molecule has 158 valence electrons. The van der Waals surface area contributed by atoms with Crippen LogP contribution >= 0.6 is 0 Å². The van der Waals surface area contributed by atoms with Gasteiger partial charge in [-0.25, -0.2) is 4.79 Å². The molecule has 0 atom stereocenters. The van der Waals surface area contributed by atoms with Crippen molar-refractivity contribution in [2.75, 3.05) is 43.4 Å². The summed E-state index contributed by atoms with van der Waals surface area (Å²) < 4.78 is 5.54. The number of piperazine rings is 1. The maximum absolute atomic E-state index is 12.7. The van der Waals surface area contributed by atoms with Gasteiger partial charge in [0.25, 0.3) is 0 Å². The molecule has 0 aliphatic carbocycles. The maximum Gasteiger partial charge on any atom is 0.340 e. The van der Waals surface area contributed by atoms with Crippen molar-refractivity contribution in [1.29, 1.82) is 5.26 Å². The van der Waals surface area contributed by atoms with Gasteiger partial charge in [0.1, 0.15) is 17.2 Å². The van der Waals surface area contributed by atoms with Gasteiger partial charge >= 0.3 is 5.97 Å². The molecule has 2 heterocycles. The Morgan fingerprint density at radius 1 is 1.30 bits per heavy atom. The third-order valence-corrected chi connectivity index (χ3v) is 4.57. The number of benzene rings is 1. The molecule has 0 amide bonds. The third kappa shape index (κ3) is 5.33. The largest absolute Gasteiger partial charge is 0.456 e. The number of tetrazole rings is 1. The second-order valence-corrected chi connectivity index (χ2v) is 8.07. The lowest BCUT2D eigenvalue weighted by atomic mass is 10.1. The highest BCUT2D eigenvalue weighted by Crippen LogP contribution is 2.27. The van der Waals surface area contributed by atoms with Gasteiger partial charge in [0.2, 0.25) is 5.82 Å². The van der Waals surface area contributed by atoms with E-state index < -0.39 is 11.6 Å². The number of aromatic nitrogens is 4. The molecule has 10 heteroatoms. The van der Waals surface area contributed by atoms with Crippen LogP contribution in [0.4, 0.5) is 11.4 Å². The minimum absolute atomic E-state index is 0.166. The predicted octanol–water partition coefficient (Wildman–Crippen LogP) is 1.88. The van der Waals surface area contributed by atoms with E-state index in [4.69, 9.17) is 4.74 Å². The van der Waals surface area contributed by atoms with Crippen LogP contribution in [0.3, 0.4) is 0 Å². The number of rotatable bonds is 5. The second-order valence-electron chi connectivity index (χ2n) is 8.07. The first-order chi connectivity index (χ1) is 14.3. The molecule has 1 aromatic heterocycles. The fourth-order valence-corrected chi connectivity index (χ4v) is 3.00. The average molecular weight is 410 g/mol. The van der Waals surface area contributed by atoms with E-state index in [0.29, 0.717) is 11.3 Å². The quantitative estimate of drug-likeness (QED) is 0.562. The monoisotopic (exact) mass is 410 g/mol. The Bertz CT molecular complexity index is 948. The van der Waals surface area contributed by atoms with E-state index in [1.54, 1.807) is 6.07 Å². The number of hydrogen-bond donors (Lipinski definition) is 2. The first kappa shape index (κ1) is 21.3. The van der Waals surface area contributed by atoms with Gasteiger partial charge in [0.15, 0.2) is 0 Å². The van der Waals surface area contributed by atoms with E-state index in [0.717, 1.165) is 31.9 Å². The Hall–Kier alpha value is -3.45. The SMILES string of the molecule is CN1CCN(c2ccc(C(=O)OC(C)(C)C)c(NC=C(C#N)c3nn[nH]n3)c2)CC1. The molecule has 10 nitrogen and oxygen atoms in total. The Labute approximate surface area is 175 Å². The van der Waals surface area contributed by atoms with Crippen molar-refractivity contribution in [1.82, 2.24) is 25.5 Å². The summed E-state index contributed by atoms with van der Waals surface area (Å²) in [6.45, 7) is 9.18. The van der Waals surface area contributed by atoms with Crippen molar-refractivity contribution in [2.24, 2.45) is 0 Å². The van der Waals surface area contributed by atoms with Crippen molar-refractivity contribution in [3.05, 3.63) is 35.8 Å². The Balaban J connectivity index is 1.92. The number of aromatic amines is 1. The minimum Gasteiger partial charge on any atom is -0.456 e. The van der Waals surface area contributed by atoms with Gasteiger partial charge in [-0.15, -0.1) is 10.2 Å². The highest BCUT2D eigenvalue weighted by atomic mass is 16.6. The Morgan fingerprint density at radius 3 is 2.63 bits per heavy atom. The minimum atomic E-state index is -0.622. The molecule has 0 radical (unpaired) electrons. The van der Waals surface area contributed by atoms with E-state index in [1.165, 1.54) is 6.20 Å². The number of nitriles is 1. The molecule has 0 spiro atoms. The molecule has 0 saturated carbocycles. The van der Waals surface area contributed by atoms with Crippen LogP contribution in [0.5, 0.6) is 0 Å². The number of likely N-dealkylation sites (N-methyl/N-ethyl adjacent to an activating group) is 1. The summed E-state index contributed by atoms with van der Waals surface area (Å²) in [7, 11) is 2.10. The molecular formula is C20H26N8O2. The topological polar surface area (TPSA) is 123 Å². The fourth-order valence-electron chi connectivity index (χ4n) is 3.00. The summed E-state index contributed by atoms with van der Waals surface area (Å²) in [5.74, 6) is -0.277. The number of allylic oxidation sites excluding steroid dienone is 1. The summed E-state index contributed by atoms with van der Waals surface area (Å²) >= 11 is 0. The number of anilines is 2. The van der Waals surface area contributed by atoms with Crippen molar-refractivity contribution < 1.29 is 9.53 Å². The summed E-state index contributed by atoms with van der Waals surface area (Å²) in [5, 5.41) is 25.9. The van der Waals surface area contributed by atoms with Gasteiger partial charge in [-0.1, -0.05) is 0 Å². The van der Waals surface area contributed by atoms with E-state index >= 15 is 0 Å². The van der Waals surface area contributed by atoms with Gasteiger partial charge in [0.05, 0.1) is 11.3 Å². The lowest BCUT2D eigenvalue weighted by Gasteiger charge is -2.34. The molecule has 1 aliphatic heterocycles. The highest BCUT2D eigenvalue weighted by Gasteiger charge is 2.22. The molecule has 2 N–H and O–H groups in total. The van der Waals surface area contributed by atoms with Crippen LogP contribution in [-0.2, 0) is 4.74 Å². The summed E-state index contributed by atoms with van der Waals surface area (Å²) in [6, 6.07) is 7.59. The number of carbonyl (C=O) groups is 1. The second kappa shape index (κ2) is 8.92. The molecule has 0 bridgehead atoms. The molecule has 1 aromatic carbocycles. The molecule has 2 aromatic rings. The first-order valence-corrected chi connectivity index (χ1v) is 9.68. The number of esters is 1. The highest BCUT2D eigenvalue weighted by molar-refractivity contribution is 5.97. The van der Waals surface area contributed by atoms with Crippen LogP contribution in [0.1, 0.15) is 37.0 Å². The summed E-state index contributed by atoms with van der Waals surface area (Å²) in [4.78, 5) is 17.3. The number of carbonyl (C=O) groups excluding carboxylic acids is 1. The molecule has 1 saturated heterocycles. The van der Waals surface area contributed by atoms with E-state index in [9.17, 15) is 10.1 Å². The van der Waals surface area contributed by atoms with Crippen LogP contribution in [0.15, 0.2) is 24.4 Å². The average Bonchev–Trinajstić information content (AvgIpc) is 3.22. The zero-order chi connectivity index (χ0) is 21.7. The Morgan fingerprint density at radius 2 is 2.03 bits per heavy atom. The first-order valence-electron chi connectivity index (χ1n) is 9.68. The Kier molecular flexibility index (Phi) is 6.32. The van der Waals surface area contributed by atoms with Gasteiger partial charge in [0, 0.05) is 38.1 Å².